The maximum atomic E-state index is 12.1. The minimum absolute atomic E-state index is 0.367. The van der Waals surface area contributed by atoms with E-state index in [-0.39, 0.29) is 5.97 Å². The number of carbonyl (C=O) groups is 1. The summed E-state index contributed by atoms with van der Waals surface area (Å²) in [6, 6.07) is 11.9. The predicted molar refractivity (Wildman–Crippen MR) is 134 cm³/mol. The highest BCUT2D eigenvalue weighted by molar-refractivity contribution is 5.94. The molecule has 0 aliphatic heterocycles. The second-order valence-electron chi connectivity index (χ2n) is 8.51. The van der Waals surface area contributed by atoms with E-state index in [1.54, 1.807) is 18.2 Å². The number of oxazole rings is 1. The third kappa shape index (κ3) is 4.33. The number of aryl methyl sites for hydroxylation is 1. The molecule has 0 atom stereocenters. The van der Waals surface area contributed by atoms with Crippen LogP contribution in [-0.4, -0.2) is 34.2 Å². The van der Waals surface area contributed by atoms with Crippen LogP contribution in [0.5, 0.6) is 0 Å². The van der Waals surface area contributed by atoms with Gasteiger partial charge in [-0.1, -0.05) is 17.7 Å². The van der Waals surface area contributed by atoms with E-state index in [1.165, 1.54) is 38.4 Å². The third-order valence-electron chi connectivity index (χ3n) is 6.25. The van der Waals surface area contributed by atoms with Gasteiger partial charge < -0.3 is 19.0 Å². The first-order chi connectivity index (χ1) is 16.7. The summed E-state index contributed by atoms with van der Waals surface area (Å²) in [6.07, 6.45) is 10.0. The molecule has 0 amide bonds. The lowest BCUT2D eigenvalue weighted by Gasteiger charge is -2.15. The van der Waals surface area contributed by atoms with E-state index in [0.29, 0.717) is 23.7 Å². The fourth-order valence-corrected chi connectivity index (χ4v) is 4.51. The molecule has 0 saturated heterocycles. The van der Waals surface area contributed by atoms with Crippen molar-refractivity contribution in [3.63, 3.8) is 0 Å². The quantitative estimate of drug-likeness (QED) is 0.254. The van der Waals surface area contributed by atoms with E-state index >= 15 is 0 Å². The highest BCUT2D eigenvalue weighted by Crippen LogP contribution is 2.31. The van der Waals surface area contributed by atoms with Gasteiger partial charge in [-0.25, -0.2) is 9.78 Å². The number of allylic oxidation sites excluding steroid dienone is 2. The molecule has 0 unspecified atom stereocenters. The molecule has 174 valence electrons. The maximum absolute atomic E-state index is 12.1. The standard InChI is InChI=1S/C27H28N4O3/c1-3-14-28-27-30-22-16-19(10-12-24(22)34-27)25-29-21-17-20(26(32)33-2)9-11-23(21)31(25)15-13-18-7-5-4-6-8-18/h3,7,9-12,16-17H,1,4-6,8,13-15H2,2H3,(H,28,30). The molecule has 1 aliphatic rings. The van der Waals surface area contributed by atoms with Crippen LogP contribution < -0.4 is 5.32 Å². The van der Waals surface area contributed by atoms with E-state index in [1.807, 2.05) is 24.3 Å². The van der Waals surface area contributed by atoms with Crippen molar-refractivity contribution in [2.75, 3.05) is 19.0 Å². The van der Waals surface area contributed by atoms with Crippen molar-refractivity contribution in [2.24, 2.45) is 0 Å². The van der Waals surface area contributed by atoms with Crippen molar-refractivity contribution in [3.8, 4) is 11.4 Å². The lowest BCUT2D eigenvalue weighted by molar-refractivity contribution is 0.0601. The maximum Gasteiger partial charge on any atom is 0.337 e. The van der Waals surface area contributed by atoms with Gasteiger partial charge in [-0.15, -0.1) is 6.58 Å². The molecule has 2 heterocycles. The molecule has 2 aromatic heterocycles. The second kappa shape index (κ2) is 9.55. The van der Waals surface area contributed by atoms with Crippen LogP contribution in [0.1, 0.15) is 42.5 Å². The summed E-state index contributed by atoms with van der Waals surface area (Å²) >= 11 is 0. The van der Waals surface area contributed by atoms with E-state index in [2.05, 4.69) is 27.5 Å². The predicted octanol–water partition coefficient (Wildman–Crippen LogP) is 6.12. The number of methoxy groups -OCH3 is 1. The van der Waals surface area contributed by atoms with E-state index in [9.17, 15) is 4.79 Å². The number of fused-ring (bicyclic) bond motifs is 2. The van der Waals surface area contributed by atoms with Crippen LogP contribution in [-0.2, 0) is 11.3 Å². The molecule has 0 saturated carbocycles. The summed E-state index contributed by atoms with van der Waals surface area (Å²) in [5.41, 5.74) is 6.17. The molecule has 0 spiro atoms. The molecule has 1 aliphatic carbocycles. The van der Waals surface area contributed by atoms with Gasteiger partial charge in [-0.05, 0) is 68.5 Å². The van der Waals surface area contributed by atoms with Gasteiger partial charge in [0.05, 0.1) is 23.7 Å². The fourth-order valence-electron chi connectivity index (χ4n) is 4.51. The average Bonchev–Trinajstić information content (AvgIpc) is 3.46. The Morgan fingerprint density at radius 1 is 1.21 bits per heavy atom. The lowest BCUT2D eigenvalue weighted by Crippen LogP contribution is -2.04. The minimum Gasteiger partial charge on any atom is -0.465 e. The van der Waals surface area contributed by atoms with Crippen molar-refractivity contribution < 1.29 is 13.9 Å². The molecule has 1 N–H and O–H groups in total. The number of aromatic nitrogens is 3. The van der Waals surface area contributed by atoms with Crippen molar-refractivity contribution in [3.05, 3.63) is 66.3 Å². The van der Waals surface area contributed by atoms with Crippen molar-refractivity contribution in [1.29, 1.82) is 0 Å². The van der Waals surface area contributed by atoms with Gasteiger partial charge in [0.25, 0.3) is 6.01 Å². The molecule has 7 heteroatoms. The molecular formula is C27H28N4O3. The summed E-state index contributed by atoms with van der Waals surface area (Å²) in [6.45, 7) is 5.11. The summed E-state index contributed by atoms with van der Waals surface area (Å²) in [4.78, 5) is 21.6. The second-order valence-corrected chi connectivity index (χ2v) is 8.51. The van der Waals surface area contributed by atoms with Crippen LogP contribution in [0, 0.1) is 0 Å². The molecule has 0 fully saturated rings. The molecule has 2 aromatic carbocycles. The van der Waals surface area contributed by atoms with Gasteiger partial charge in [-0.2, -0.15) is 4.98 Å². The summed E-state index contributed by atoms with van der Waals surface area (Å²) in [7, 11) is 1.39. The Labute approximate surface area is 198 Å². The number of esters is 1. The number of carbonyl (C=O) groups excluding carboxylic acids is 1. The van der Waals surface area contributed by atoms with Gasteiger partial charge in [0.15, 0.2) is 5.58 Å². The Balaban J connectivity index is 1.56. The van der Waals surface area contributed by atoms with Gasteiger partial charge in [0.2, 0.25) is 0 Å². The van der Waals surface area contributed by atoms with Crippen molar-refractivity contribution in [2.45, 2.75) is 38.6 Å². The Morgan fingerprint density at radius 3 is 2.91 bits per heavy atom. The first kappa shape index (κ1) is 21.9. The zero-order valence-corrected chi connectivity index (χ0v) is 19.3. The lowest BCUT2D eigenvalue weighted by atomic mass is 9.97. The van der Waals surface area contributed by atoms with Gasteiger partial charge in [0.1, 0.15) is 11.3 Å². The van der Waals surface area contributed by atoms with Crippen LogP contribution in [0.4, 0.5) is 6.01 Å². The smallest absolute Gasteiger partial charge is 0.337 e. The zero-order chi connectivity index (χ0) is 23.5. The number of hydrogen-bond donors (Lipinski definition) is 1. The van der Waals surface area contributed by atoms with E-state index in [4.69, 9.17) is 14.1 Å². The first-order valence-corrected chi connectivity index (χ1v) is 11.7. The number of hydrogen-bond acceptors (Lipinski definition) is 6. The third-order valence-corrected chi connectivity index (χ3v) is 6.25. The zero-order valence-electron chi connectivity index (χ0n) is 19.3. The monoisotopic (exact) mass is 456 g/mol. The SMILES string of the molecule is C=CCNc1nc2cc(-c3nc4cc(C(=O)OC)ccc4n3CCC3=CCCCC3)ccc2o1. The molecule has 5 rings (SSSR count). The van der Waals surface area contributed by atoms with Gasteiger partial charge in [0, 0.05) is 18.7 Å². The van der Waals surface area contributed by atoms with E-state index in [0.717, 1.165) is 40.9 Å². The molecular weight excluding hydrogens is 428 g/mol. The van der Waals surface area contributed by atoms with Crippen LogP contribution in [0.2, 0.25) is 0 Å². The molecule has 4 aromatic rings. The number of rotatable bonds is 8. The molecule has 0 bridgehead atoms. The highest BCUT2D eigenvalue weighted by atomic mass is 16.5. The van der Waals surface area contributed by atoms with Crippen molar-refractivity contribution in [1.82, 2.24) is 14.5 Å². The number of benzene rings is 2. The Hall–Kier alpha value is -3.87. The van der Waals surface area contributed by atoms with Crippen LogP contribution in [0.25, 0.3) is 33.5 Å². The average molecular weight is 457 g/mol. The van der Waals surface area contributed by atoms with Gasteiger partial charge >= 0.3 is 5.97 Å². The minimum atomic E-state index is -0.367. The fraction of sp³-hybridized carbons (Fsp3) is 0.296. The van der Waals surface area contributed by atoms with E-state index < -0.39 is 0 Å². The number of ether oxygens (including phenoxy) is 1. The molecule has 34 heavy (non-hydrogen) atoms. The van der Waals surface area contributed by atoms with Crippen molar-refractivity contribution >= 4 is 34.1 Å². The number of nitrogens with zero attached hydrogens (tertiary/aromatic N) is 3. The normalized spacial score (nSPS) is 13.7. The van der Waals surface area contributed by atoms with Gasteiger partial charge in [-0.3, -0.25) is 0 Å². The highest BCUT2D eigenvalue weighted by Gasteiger charge is 2.17. The molecule has 0 radical (unpaired) electrons. The summed E-state index contributed by atoms with van der Waals surface area (Å²) in [5.74, 6) is 0.479. The molecule has 7 nitrogen and oxygen atoms in total. The number of imidazole rings is 1. The topological polar surface area (TPSA) is 82.2 Å². The van der Waals surface area contributed by atoms with Crippen LogP contribution in [0.15, 0.2) is 65.1 Å². The Kier molecular flexibility index (Phi) is 6.16. The largest absolute Gasteiger partial charge is 0.465 e. The van der Waals surface area contributed by atoms with Crippen LogP contribution in [0.3, 0.4) is 0 Å². The summed E-state index contributed by atoms with van der Waals surface area (Å²) < 4.78 is 12.9. The number of nitrogens with one attached hydrogen (secondary N) is 1. The Bertz CT molecular complexity index is 1400. The van der Waals surface area contributed by atoms with Crippen LogP contribution >= 0.6 is 0 Å². The Morgan fingerprint density at radius 2 is 2.12 bits per heavy atom. The number of anilines is 1. The summed E-state index contributed by atoms with van der Waals surface area (Å²) in [5, 5.41) is 3.09. The first-order valence-electron chi connectivity index (χ1n) is 11.7.